The van der Waals surface area contributed by atoms with Crippen LogP contribution in [0.4, 0.5) is 14.6 Å². The predicted octanol–water partition coefficient (Wildman–Crippen LogP) is 4.68. The summed E-state index contributed by atoms with van der Waals surface area (Å²) in [5, 5.41) is 4.52. The second kappa shape index (κ2) is 9.42. The summed E-state index contributed by atoms with van der Waals surface area (Å²) in [6.07, 6.45) is 6.35. The van der Waals surface area contributed by atoms with Gasteiger partial charge in [0.15, 0.2) is 0 Å². The summed E-state index contributed by atoms with van der Waals surface area (Å²) in [7, 11) is 0. The Labute approximate surface area is 186 Å². The first-order valence-electron chi connectivity index (χ1n) is 11.2. The van der Waals surface area contributed by atoms with Gasteiger partial charge >= 0.3 is 0 Å². The summed E-state index contributed by atoms with van der Waals surface area (Å²) >= 11 is 0. The standard InChI is InChI=1S/C24H27F2N5O/c25-23(26)18-11-17(13-27-14-18)16-1-6-22-21(12-16)24(29-15-28-22)30-19-2-4-20(5-3-19)31-7-9-32-10-8-31/h1,6,11-15,19-20,23H,2-5,7-10H2,(H,28,29,30). The highest BCUT2D eigenvalue weighted by atomic mass is 19.3. The maximum atomic E-state index is 13.1. The van der Waals surface area contributed by atoms with E-state index >= 15 is 0 Å². The van der Waals surface area contributed by atoms with Gasteiger partial charge in [-0.25, -0.2) is 18.7 Å². The Balaban J connectivity index is 1.33. The number of morpholine rings is 1. The number of benzene rings is 1. The van der Waals surface area contributed by atoms with Crippen molar-refractivity contribution < 1.29 is 13.5 Å². The number of alkyl halides is 2. The molecule has 1 saturated carbocycles. The zero-order valence-corrected chi connectivity index (χ0v) is 17.9. The fraction of sp³-hybridized carbons (Fsp3) is 0.458. The van der Waals surface area contributed by atoms with Crippen LogP contribution in [0.15, 0.2) is 43.0 Å². The molecule has 0 bridgehead atoms. The van der Waals surface area contributed by atoms with Crippen molar-refractivity contribution in [2.75, 3.05) is 31.6 Å². The van der Waals surface area contributed by atoms with Crippen molar-refractivity contribution in [3.05, 3.63) is 48.5 Å². The number of hydrogen-bond acceptors (Lipinski definition) is 6. The second-order valence-electron chi connectivity index (χ2n) is 8.56. The van der Waals surface area contributed by atoms with Crippen LogP contribution in [-0.2, 0) is 4.74 Å². The molecule has 1 N–H and O–H groups in total. The van der Waals surface area contributed by atoms with E-state index in [1.54, 1.807) is 12.5 Å². The second-order valence-corrected chi connectivity index (χ2v) is 8.56. The molecule has 1 aromatic carbocycles. The molecule has 0 radical (unpaired) electrons. The van der Waals surface area contributed by atoms with Crippen LogP contribution >= 0.6 is 0 Å². The Kier molecular flexibility index (Phi) is 6.23. The molecule has 1 aliphatic carbocycles. The van der Waals surface area contributed by atoms with Crippen molar-refractivity contribution in [3.63, 3.8) is 0 Å². The predicted molar refractivity (Wildman–Crippen MR) is 120 cm³/mol. The summed E-state index contributed by atoms with van der Waals surface area (Å²) in [6.45, 7) is 3.74. The molecule has 0 unspecified atom stereocenters. The summed E-state index contributed by atoms with van der Waals surface area (Å²) in [6, 6.07) is 8.24. The van der Waals surface area contributed by atoms with E-state index in [1.807, 2.05) is 18.2 Å². The molecule has 2 aliphatic rings. The van der Waals surface area contributed by atoms with Crippen LogP contribution in [0.5, 0.6) is 0 Å². The lowest BCUT2D eigenvalue weighted by atomic mass is 9.90. The molecule has 8 heteroatoms. The quantitative estimate of drug-likeness (QED) is 0.623. The van der Waals surface area contributed by atoms with E-state index in [2.05, 4.69) is 25.2 Å². The molecule has 3 heterocycles. The smallest absolute Gasteiger partial charge is 0.265 e. The normalized spacial score (nSPS) is 22.3. The van der Waals surface area contributed by atoms with Gasteiger partial charge in [0, 0.05) is 54.1 Å². The molecule has 0 atom stereocenters. The SMILES string of the molecule is FC(F)c1cncc(-c2ccc3ncnc(NC4CCC(N5CCOCC5)CC4)c3c2)c1. The molecular formula is C24H27F2N5O. The highest BCUT2D eigenvalue weighted by Gasteiger charge is 2.27. The average Bonchev–Trinajstić information content (AvgIpc) is 2.85. The third kappa shape index (κ3) is 4.56. The first-order valence-corrected chi connectivity index (χ1v) is 11.2. The molecule has 0 spiro atoms. The van der Waals surface area contributed by atoms with E-state index in [4.69, 9.17) is 4.74 Å². The van der Waals surface area contributed by atoms with Gasteiger partial charge in [-0.15, -0.1) is 0 Å². The van der Waals surface area contributed by atoms with E-state index < -0.39 is 6.43 Å². The van der Waals surface area contributed by atoms with Gasteiger partial charge in [-0.1, -0.05) is 6.07 Å². The van der Waals surface area contributed by atoms with Crippen LogP contribution in [0, 0.1) is 0 Å². The Morgan fingerprint density at radius 1 is 0.969 bits per heavy atom. The van der Waals surface area contributed by atoms with Crippen LogP contribution in [-0.4, -0.2) is 58.2 Å². The monoisotopic (exact) mass is 439 g/mol. The molecule has 0 amide bonds. The van der Waals surface area contributed by atoms with Crippen LogP contribution in [0.3, 0.4) is 0 Å². The number of fused-ring (bicyclic) bond motifs is 1. The zero-order chi connectivity index (χ0) is 21.9. The summed E-state index contributed by atoms with van der Waals surface area (Å²) in [5.41, 5.74) is 2.22. The number of ether oxygens (including phenoxy) is 1. The largest absolute Gasteiger partial charge is 0.379 e. The fourth-order valence-electron chi connectivity index (χ4n) is 4.81. The molecule has 1 aliphatic heterocycles. The molecule has 1 saturated heterocycles. The number of aromatic nitrogens is 3. The van der Waals surface area contributed by atoms with Gasteiger partial charge in [0.25, 0.3) is 6.43 Å². The molecule has 3 aromatic rings. The van der Waals surface area contributed by atoms with Crippen molar-refractivity contribution in [2.24, 2.45) is 0 Å². The molecule has 32 heavy (non-hydrogen) atoms. The molecule has 2 fully saturated rings. The van der Waals surface area contributed by atoms with Gasteiger partial charge in [0.05, 0.1) is 18.7 Å². The molecule has 6 nitrogen and oxygen atoms in total. The van der Waals surface area contributed by atoms with Gasteiger partial charge in [-0.05, 0) is 49.4 Å². The highest BCUT2D eigenvalue weighted by molar-refractivity contribution is 5.92. The topological polar surface area (TPSA) is 63.2 Å². The Morgan fingerprint density at radius 3 is 2.56 bits per heavy atom. The number of hydrogen-bond donors (Lipinski definition) is 1. The first-order chi connectivity index (χ1) is 15.7. The van der Waals surface area contributed by atoms with Gasteiger partial charge < -0.3 is 10.1 Å². The number of rotatable bonds is 5. The fourth-order valence-corrected chi connectivity index (χ4v) is 4.81. The van der Waals surface area contributed by atoms with Crippen molar-refractivity contribution >= 4 is 16.7 Å². The zero-order valence-electron chi connectivity index (χ0n) is 17.9. The van der Waals surface area contributed by atoms with Gasteiger partial charge in [0.2, 0.25) is 0 Å². The lowest BCUT2D eigenvalue weighted by Gasteiger charge is -2.39. The summed E-state index contributed by atoms with van der Waals surface area (Å²) < 4.78 is 31.7. The number of nitrogens with one attached hydrogen (secondary N) is 1. The first kappa shape index (κ1) is 21.2. The van der Waals surface area contributed by atoms with Crippen LogP contribution in [0.25, 0.3) is 22.0 Å². The van der Waals surface area contributed by atoms with Gasteiger partial charge in [0.1, 0.15) is 12.1 Å². The summed E-state index contributed by atoms with van der Waals surface area (Å²) in [5.74, 6) is 0.796. The van der Waals surface area contributed by atoms with E-state index in [0.717, 1.165) is 74.3 Å². The van der Waals surface area contributed by atoms with Crippen LogP contribution in [0.1, 0.15) is 37.7 Å². The van der Waals surface area contributed by atoms with Gasteiger partial charge in [-0.3, -0.25) is 9.88 Å². The van der Waals surface area contributed by atoms with Crippen molar-refractivity contribution in [2.45, 2.75) is 44.2 Å². The molecule has 168 valence electrons. The minimum atomic E-state index is -2.55. The van der Waals surface area contributed by atoms with E-state index in [-0.39, 0.29) is 5.56 Å². The van der Waals surface area contributed by atoms with Crippen molar-refractivity contribution in [1.29, 1.82) is 0 Å². The average molecular weight is 440 g/mol. The van der Waals surface area contributed by atoms with Crippen LogP contribution < -0.4 is 5.32 Å². The Hall–Kier alpha value is -2.71. The highest BCUT2D eigenvalue weighted by Crippen LogP contribution is 2.31. The van der Waals surface area contributed by atoms with Crippen molar-refractivity contribution in [3.8, 4) is 11.1 Å². The lowest BCUT2D eigenvalue weighted by molar-refractivity contribution is 0.00791. The van der Waals surface area contributed by atoms with E-state index in [1.165, 1.54) is 12.3 Å². The molecule has 2 aromatic heterocycles. The number of anilines is 1. The van der Waals surface area contributed by atoms with E-state index in [9.17, 15) is 8.78 Å². The summed E-state index contributed by atoms with van der Waals surface area (Å²) in [4.78, 5) is 15.4. The Bertz CT molecular complexity index is 1070. The van der Waals surface area contributed by atoms with Crippen molar-refractivity contribution in [1.82, 2.24) is 19.9 Å². The van der Waals surface area contributed by atoms with E-state index in [0.29, 0.717) is 17.6 Å². The van der Waals surface area contributed by atoms with Crippen LogP contribution in [0.2, 0.25) is 0 Å². The third-order valence-corrected chi connectivity index (χ3v) is 6.58. The molecule has 5 rings (SSSR count). The minimum absolute atomic E-state index is 0.0812. The number of pyridine rings is 1. The Morgan fingerprint density at radius 2 is 1.78 bits per heavy atom. The third-order valence-electron chi connectivity index (χ3n) is 6.58. The minimum Gasteiger partial charge on any atom is -0.379 e. The lowest BCUT2D eigenvalue weighted by Crippen LogP contribution is -2.46. The number of halogens is 2. The maximum Gasteiger partial charge on any atom is 0.265 e. The maximum absolute atomic E-state index is 13.1. The van der Waals surface area contributed by atoms with Gasteiger partial charge in [-0.2, -0.15) is 0 Å². The number of nitrogens with zero attached hydrogens (tertiary/aromatic N) is 4. The molecular weight excluding hydrogens is 412 g/mol.